The van der Waals surface area contributed by atoms with Crippen LogP contribution in [0, 0.1) is 13.8 Å². The highest BCUT2D eigenvalue weighted by atomic mass is 79.9. The van der Waals surface area contributed by atoms with Gasteiger partial charge in [-0.15, -0.1) is 0 Å². The second-order valence-corrected chi connectivity index (χ2v) is 5.64. The van der Waals surface area contributed by atoms with Crippen LogP contribution in [-0.2, 0) is 0 Å². The minimum Gasteiger partial charge on any atom is -0.497 e. The Balaban J connectivity index is 2.46. The van der Waals surface area contributed by atoms with Gasteiger partial charge in [0, 0.05) is 4.47 Å². The van der Waals surface area contributed by atoms with Crippen molar-refractivity contribution >= 4 is 15.9 Å². The molecule has 0 saturated carbocycles. The lowest BCUT2D eigenvalue weighted by molar-refractivity contribution is 0.413. The van der Waals surface area contributed by atoms with E-state index in [1.165, 1.54) is 11.1 Å². The van der Waals surface area contributed by atoms with E-state index in [0.29, 0.717) is 0 Å². The number of ether oxygens (including phenoxy) is 1. The topological polar surface area (TPSA) is 47.3 Å². The fourth-order valence-electron chi connectivity index (χ4n) is 2.35. The number of nitrogens with one attached hydrogen (secondary N) is 1. The van der Waals surface area contributed by atoms with Crippen LogP contribution >= 0.6 is 15.9 Å². The molecule has 0 aliphatic rings. The number of aryl methyl sites for hydroxylation is 2. The molecule has 0 radical (unpaired) electrons. The second kappa shape index (κ2) is 6.39. The van der Waals surface area contributed by atoms with E-state index in [2.05, 4.69) is 47.3 Å². The van der Waals surface area contributed by atoms with Crippen molar-refractivity contribution in [3.8, 4) is 5.75 Å². The molecule has 1 unspecified atom stereocenters. The molecule has 0 aromatic heterocycles. The largest absolute Gasteiger partial charge is 0.497 e. The summed E-state index contributed by atoms with van der Waals surface area (Å²) >= 11 is 3.59. The van der Waals surface area contributed by atoms with E-state index >= 15 is 0 Å². The first-order valence-electron chi connectivity index (χ1n) is 6.43. The molecule has 0 fully saturated rings. The van der Waals surface area contributed by atoms with Crippen LogP contribution in [0.15, 0.2) is 40.9 Å². The van der Waals surface area contributed by atoms with Crippen molar-refractivity contribution in [2.45, 2.75) is 19.9 Å². The highest BCUT2D eigenvalue weighted by Gasteiger charge is 2.15. The molecule has 0 aliphatic heterocycles. The van der Waals surface area contributed by atoms with Gasteiger partial charge in [0.05, 0.1) is 13.2 Å². The summed E-state index contributed by atoms with van der Waals surface area (Å²) in [4.78, 5) is 0. The Bertz CT molecular complexity index is 590. The fraction of sp³-hybridized carbons (Fsp3) is 0.250. The highest BCUT2D eigenvalue weighted by molar-refractivity contribution is 9.10. The van der Waals surface area contributed by atoms with Gasteiger partial charge in [-0.25, -0.2) is 5.43 Å². The number of halogens is 1. The molecule has 106 valence electrons. The fourth-order valence-corrected chi connectivity index (χ4v) is 2.58. The summed E-state index contributed by atoms with van der Waals surface area (Å²) in [5.74, 6) is 6.59. The van der Waals surface area contributed by atoms with Gasteiger partial charge in [0.25, 0.3) is 0 Å². The molecule has 4 heteroatoms. The Morgan fingerprint density at radius 1 is 1.10 bits per heavy atom. The summed E-state index contributed by atoms with van der Waals surface area (Å²) in [5.41, 5.74) is 7.50. The van der Waals surface area contributed by atoms with Crippen molar-refractivity contribution in [1.82, 2.24) is 5.43 Å². The maximum Gasteiger partial charge on any atom is 0.119 e. The number of benzene rings is 2. The Kier molecular flexibility index (Phi) is 4.81. The van der Waals surface area contributed by atoms with Crippen molar-refractivity contribution < 1.29 is 4.74 Å². The van der Waals surface area contributed by atoms with Crippen LogP contribution in [0.4, 0.5) is 0 Å². The van der Waals surface area contributed by atoms with Crippen molar-refractivity contribution in [3.05, 3.63) is 63.1 Å². The molecule has 0 spiro atoms. The lowest BCUT2D eigenvalue weighted by Crippen LogP contribution is -2.29. The highest BCUT2D eigenvalue weighted by Crippen LogP contribution is 2.29. The quantitative estimate of drug-likeness (QED) is 0.663. The van der Waals surface area contributed by atoms with Crippen LogP contribution in [0.3, 0.4) is 0 Å². The lowest BCUT2D eigenvalue weighted by Gasteiger charge is -2.19. The van der Waals surface area contributed by atoms with Gasteiger partial charge < -0.3 is 4.74 Å². The average Bonchev–Trinajstić information content (AvgIpc) is 2.45. The first kappa shape index (κ1) is 15.0. The Morgan fingerprint density at radius 2 is 1.75 bits per heavy atom. The molecule has 0 bridgehead atoms. The predicted molar refractivity (Wildman–Crippen MR) is 85.8 cm³/mol. The normalized spacial score (nSPS) is 12.2. The van der Waals surface area contributed by atoms with Gasteiger partial charge in [0.15, 0.2) is 0 Å². The molecule has 2 rings (SSSR count). The molecular formula is C16H19BrN2O. The minimum atomic E-state index is -0.0596. The molecule has 1 atom stereocenters. The maximum absolute atomic E-state index is 5.76. The zero-order valence-electron chi connectivity index (χ0n) is 11.9. The smallest absolute Gasteiger partial charge is 0.119 e. The molecule has 0 amide bonds. The van der Waals surface area contributed by atoms with Crippen LogP contribution in [0.5, 0.6) is 5.75 Å². The third kappa shape index (κ3) is 3.03. The van der Waals surface area contributed by atoms with E-state index in [1.54, 1.807) is 7.11 Å². The summed E-state index contributed by atoms with van der Waals surface area (Å²) < 4.78 is 6.42. The zero-order chi connectivity index (χ0) is 14.7. The van der Waals surface area contributed by atoms with Crippen LogP contribution in [0.25, 0.3) is 0 Å². The Hall–Kier alpha value is -1.36. The first-order chi connectivity index (χ1) is 9.56. The van der Waals surface area contributed by atoms with Gasteiger partial charge in [-0.1, -0.05) is 40.2 Å². The van der Waals surface area contributed by atoms with Gasteiger partial charge in [-0.2, -0.15) is 0 Å². The molecule has 2 aromatic rings. The Morgan fingerprint density at radius 3 is 2.30 bits per heavy atom. The van der Waals surface area contributed by atoms with Gasteiger partial charge in [0.2, 0.25) is 0 Å². The second-order valence-electron chi connectivity index (χ2n) is 4.84. The van der Waals surface area contributed by atoms with Gasteiger partial charge in [0.1, 0.15) is 5.75 Å². The molecular weight excluding hydrogens is 316 g/mol. The standard InChI is InChI=1S/C16H19BrN2O/c1-10-7-13(8-11(2)15(10)17)16(19-18)12-5-4-6-14(9-12)20-3/h4-9,16,19H,18H2,1-3H3. The number of hydrogen-bond acceptors (Lipinski definition) is 3. The van der Waals surface area contributed by atoms with Crippen LogP contribution < -0.4 is 16.0 Å². The van der Waals surface area contributed by atoms with Gasteiger partial charge in [-0.3, -0.25) is 5.84 Å². The molecule has 3 N–H and O–H groups in total. The zero-order valence-corrected chi connectivity index (χ0v) is 13.5. The minimum absolute atomic E-state index is 0.0596. The van der Waals surface area contributed by atoms with Crippen molar-refractivity contribution in [3.63, 3.8) is 0 Å². The lowest BCUT2D eigenvalue weighted by atomic mass is 9.96. The van der Waals surface area contributed by atoms with Gasteiger partial charge in [-0.05, 0) is 48.2 Å². The van der Waals surface area contributed by atoms with E-state index in [0.717, 1.165) is 21.3 Å². The summed E-state index contributed by atoms with van der Waals surface area (Å²) in [5, 5.41) is 0. The van der Waals surface area contributed by atoms with E-state index in [1.807, 2.05) is 24.3 Å². The van der Waals surface area contributed by atoms with E-state index < -0.39 is 0 Å². The average molecular weight is 335 g/mol. The third-order valence-corrected chi connectivity index (χ3v) is 4.64. The molecule has 0 aliphatic carbocycles. The third-order valence-electron chi connectivity index (χ3n) is 3.39. The van der Waals surface area contributed by atoms with Crippen LogP contribution in [-0.4, -0.2) is 7.11 Å². The van der Waals surface area contributed by atoms with E-state index in [4.69, 9.17) is 10.6 Å². The summed E-state index contributed by atoms with van der Waals surface area (Å²) in [7, 11) is 1.66. The number of rotatable bonds is 4. The summed E-state index contributed by atoms with van der Waals surface area (Å²) in [6.45, 7) is 4.17. The number of nitrogens with two attached hydrogens (primary N) is 1. The molecule has 3 nitrogen and oxygen atoms in total. The molecule has 0 heterocycles. The monoisotopic (exact) mass is 334 g/mol. The van der Waals surface area contributed by atoms with Crippen LogP contribution in [0.2, 0.25) is 0 Å². The molecule has 2 aromatic carbocycles. The SMILES string of the molecule is COc1cccc(C(NN)c2cc(C)c(Br)c(C)c2)c1. The predicted octanol–water partition coefficient (Wildman–Crippen LogP) is 3.63. The van der Waals surface area contributed by atoms with E-state index in [-0.39, 0.29) is 6.04 Å². The molecule has 20 heavy (non-hydrogen) atoms. The van der Waals surface area contributed by atoms with Crippen LogP contribution in [0.1, 0.15) is 28.3 Å². The summed E-state index contributed by atoms with van der Waals surface area (Å²) in [6, 6.07) is 12.2. The first-order valence-corrected chi connectivity index (χ1v) is 7.23. The number of hydrogen-bond donors (Lipinski definition) is 2. The summed E-state index contributed by atoms with van der Waals surface area (Å²) in [6.07, 6.45) is 0. The number of hydrazine groups is 1. The van der Waals surface area contributed by atoms with Gasteiger partial charge >= 0.3 is 0 Å². The molecule has 0 saturated heterocycles. The van der Waals surface area contributed by atoms with Crippen molar-refractivity contribution in [2.75, 3.05) is 7.11 Å². The Labute approximate surface area is 128 Å². The maximum atomic E-state index is 5.76. The number of methoxy groups -OCH3 is 1. The van der Waals surface area contributed by atoms with E-state index in [9.17, 15) is 0 Å². The van der Waals surface area contributed by atoms with Crippen molar-refractivity contribution in [2.24, 2.45) is 5.84 Å². The van der Waals surface area contributed by atoms with Crippen molar-refractivity contribution in [1.29, 1.82) is 0 Å².